The van der Waals surface area contributed by atoms with E-state index >= 15 is 0 Å². The van der Waals surface area contributed by atoms with E-state index in [1.807, 2.05) is 12.1 Å². The molecule has 9 heteroatoms. The standard InChI is InChI=1S/C27H32FN5O3/c28-13-17-15-32(16-17)27(35)24-25(22-14-29-10-11-36-22)31-33-23(34)12-21(30-26(24)33)20-8-6-19(7-9-20)18-4-2-1-3-5-18/h6-9,12,17-18,22,29-30H,1-5,10-11,13-16H2/t22-/m1/s1. The maximum atomic E-state index is 13.6. The van der Waals surface area contributed by atoms with Gasteiger partial charge in [0, 0.05) is 38.2 Å². The third kappa shape index (κ3) is 4.24. The Kier molecular flexibility index (Phi) is 6.35. The van der Waals surface area contributed by atoms with Crippen LogP contribution in [0.4, 0.5) is 4.39 Å². The summed E-state index contributed by atoms with van der Waals surface area (Å²) in [6.07, 6.45) is 5.88. The molecule has 1 saturated carbocycles. The number of benzene rings is 1. The van der Waals surface area contributed by atoms with Crippen LogP contribution in [0.3, 0.4) is 0 Å². The van der Waals surface area contributed by atoms with Crippen LogP contribution in [-0.2, 0) is 4.74 Å². The molecule has 2 N–H and O–H groups in total. The fourth-order valence-corrected chi connectivity index (χ4v) is 5.75. The van der Waals surface area contributed by atoms with Crippen molar-refractivity contribution in [2.75, 3.05) is 39.5 Å². The van der Waals surface area contributed by atoms with E-state index in [0.717, 1.165) is 12.1 Å². The van der Waals surface area contributed by atoms with Crippen molar-refractivity contribution in [3.8, 4) is 11.3 Å². The highest BCUT2D eigenvalue weighted by Gasteiger charge is 2.37. The number of carbonyl (C=O) groups excluding carboxylic acids is 1. The second-order valence-electron chi connectivity index (χ2n) is 10.3. The van der Waals surface area contributed by atoms with Gasteiger partial charge in [0.1, 0.15) is 17.4 Å². The lowest BCUT2D eigenvalue weighted by Crippen LogP contribution is -2.51. The van der Waals surface area contributed by atoms with E-state index in [0.29, 0.717) is 54.8 Å². The second-order valence-corrected chi connectivity index (χ2v) is 10.3. The lowest BCUT2D eigenvalue weighted by atomic mass is 9.84. The van der Waals surface area contributed by atoms with Gasteiger partial charge in [-0.3, -0.25) is 14.0 Å². The molecule has 1 aliphatic carbocycles. The summed E-state index contributed by atoms with van der Waals surface area (Å²) >= 11 is 0. The number of likely N-dealkylation sites (tertiary alicyclic amines) is 1. The largest absolute Gasteiger partial charge is 0.369 e. The summed E-state index contributed by atoms with van der Waals surface area (Å²) in [5, 5.41) is 7.80. The number of H-pyrrole nitrogens is 1. The molecular formula is C27H32FN5O3. The van der Waals surface area contributed by atoms with Gasteiger partial charge in [0.05, 0.1) is 19.0 Å². The summed E-state index contributed by atoms with van der Waals surface area (Å²) in [7, 11) is 0. The Hall–Kier alpha value is -3.04. The molecular weight excluding hydrogens is 461 g/mol. The minimum absolute atomic E-state index is 0.135. The number of alkyl halides is 1. The molecule has 2 aromatic heterocycles. The molecule has 190 valence electrons. The summed E-state index contributed by atoms with van der Waals surface area (Å²) in [5.41, 5.74) is 3.67. The zero-order valence-electron chi connectivity index (χ0n) is 20.3. The van der Waals surface area contributed by atoms with E-state index in [9.17, 15) is 14.0 Å². The highest BCUT2D eigenvalue weighted by molar-refractivity contribution is 6.01. The van der Waals surface area contributed by atoms with Gasteiger partial charge in [0.2, 0.25) is 0 Å². The number of ether oxygens (including phenoxy) is 1. The fraction of sp³-hybridized carbons (Fsp3) is 0.519. The average molecular weight is 494 g/mol. The van der Waals surface area contributed by atoms with Crippen LogP contribution in [-0.4, -0.2) is 64.9 Å². The molecule has 1 amide bonds. The number of aromatic nitrogens is 3. The smallest absolute Gasteiger partial charge is 0.274 e. The van der Waals surface area contributed by atoms with Crippen LogP contribution in [0.1, 0.15) is 65.7 Å². The average Bonchev–Trinajstić information content (AvgIpc) is 3.29. The van der Waals surface area contributed by atoms with Gasteiger partial charge >= 0.3 is 0 Å². The molecule has 4 heterocycles. The van der Waals surface area contributed by atoms with Gasteiger partial charge in [-0.1, -0.05) is 43.5 Å². The van der Waals surface area contributed by atoms with Gasteiger partial charge in [0.15, 0.2) is 5.65 Å². The van der Waals surface area contributed by atoms with E-state index in [4.69, 9.17) is 4.74 Å². The van der Waals surface area contributed by atoms with Crippen LogP contribution in [0.2, 0.25) is 0 Å². The van der Waals surface area contributed by atoms with E-state index in [1.54, 1.807) is 4.90 Å². The second kappa shape index (κ2) is 9.78. The number of amides is 1. The molecule has 3 fully saturated rings. The summed E-state index contributed by atoms with van der Waals surface area (Å²) in [5.74, 6) is 0.216. The molecule has 1 atom stereocenters. The van der Waals surface area contributed by atoms with Crippen molar-refractivity contribution in [3.63, 3.8) is 0 Å². The third-order valence-electron chi connectivity index (χ3n) is 7.85. The molecule has 0 bridgehead atoms. The number of fused-ring (bicyclic) bond motifs is 1. The van der Waals surface area contributed by atoms with Crippen LogP contribution in [0.25, 0.3) is 16.9 Å². The third-order valence-corrected chi connectivity index (χ3v) is 7.85. The summed E-state index contributed by atoms with van der Waals surface area (Å²) < 4.78 is 20.2. The van der Waals surface area contributed by atoms with Crippen molar-refractivity contribution < 1.29 is 13.9 Å². The molecule has 2 aliphatic heterocycles. The number of aromatic amines is 1. The van der Waals surface area contributed by atoms with Gasteiger partial charge in [0.25, 0.3) is 11.5 Å². The highest BCUT2D eigenvalue weighted by Crippen LogP contribution is 2.34. The minimum Gasteiger partial charge on any atom is -0.369 e. The van der Waals surface area contributed by atoms with Crippen LogP contribution in [0.5, 0.6) is 0 Å². The molecule has 0 radical (unpaired) electrons. The number of hydrogen-bond acceptors (Lipinski definition) is 5. The number of rotatable bonds is 5. The molecule has 6 rings (SSSR count). The van der Waals surface area contributed by atoms with Crippen molar-refractivity contribution in [2.24, 2.45) is 5.92 Å². The maximum Gasteiger partial charge on any atom is 0.274 e. The van der Waals surface area contributed by atoms with E-state index < -0.39 is 12.8 Å². The van der Waals surface area contributed by atoms with Gasteiger partial charge in [-0.05, 0) is 29.9 Å². The Morgan fingerprint density at radius 3 is 2.61 bits per heavy atom. The predicted molar refractivity (Wildman–Crippen MR) is 134 cm³/mol. The number of morpholine rings is 1. The van der Waals surface area contributed by atoms with Crippen LogP contribution >= 0.6 is 0 Å². The Bertz CT molecular complexity index is 1300. The topological polar surface area (TPSA) is 91.7 Å². The monoisotopic (exact) mass is 493 g/mol. The number of nitrogens with zero attached hydrogens (tertiary/aromatic N) is 3. The van der Waals surface area contributed by atoms with Crippen LogP contribution in [0, 0.1) is 5.92 Å². The molecule has 36 heavy (non-hydrogen) atoms. The van der Waals surface area contributed by atoms with E-state index in [2.05, 4.69) is 27.5 Å². The fourth-order valence-electron chi connectivity index (χ4n) is 5.75. The first-order valence-electron chi connectivity index (χ1n) is 13.1. The van der Waals surface area contributed by atoms with Gasteiger partial charge in [-0.15, -0.1) is 0 Å². The first-order valence-corrected chi connectivity index (χ1v) is 13.1. The van der Waals surface area contributed by atoms with Gasteiger partial charge in [-0.2, -0.15) is 9.61 Å². The highest BCUT2D eigenvalue weighted by atomic mass is 19.1. The van der Waals surface area contributed by atoms with Gasteiger partial charge in [-0.25, -0.2) is 0 Å². The number of nitrogens with one attached hydrogen (secondary N) is 2. The molecule has 3 aliphatic rings. The Labute approximate surface area is 208 Å². The maximum absolute atomic E-state index is 13.6. The SMILES string of the molecule is O=C(c1c([C@H]2CNCCO2)nn2c(=O)cc(-c3ccc(C4CCCCC4)cc3)[nH]c12)N1CC(CF)C1. The van der Waals surface area contributed by atoms with E-state index in [1.165, 1.54) is 48.2 Å². The van der Waals surface area contributed by atoms with E-state index in [-0.39, 0.29) is 17.4 Å². The summed E-state index contributed by atoms with van der Waals surface area (Å²) in [4.78, 5) is 31.7. The number of carbonyl (C=O) groups is 1. The minimum atomic E-state index is -0.446. The van der Waals surface area contributed by atoms with Gasteiger partial charge < -0.3 is 19.9 Å². The van der Waals surface area contributed by atoms with Crippen LogP contribution in [0.15, 0.2) is 35.1 Å². The van der Waals surface area contributed by atoms with Crippen molar-refractivity contribution in [2.45, 2.75) is 44.1 Å². The molecule has 3 aromatic rings. The zero-order valence-corrected chi connectivity index (χ0v) is 20.3. The quantitative estimate of drug-likeness (QED) is 0.568. The Morgan fingerprint density at radius 1 is 1.14 bits per heavy atom. The zero-order chi connectivity index (χ0) is 24.6. The predicted octanol–water partition coefficient (Wildman–Crippen LogP) is 3.44. The van der Waals surface area contributed by atoms with Crippen molar-refractivity contribution in [1.82, 2.24) is 24.8 Å². The molecule has 0 spiro atoms. The number of halogens is 1. The van der Waals surface area contributed by atoms with Crippen molar-refractivity contribution in [3.05, 3.63) is 57.5 Å². The Balaban J connectivity index is 1.39. The Morgan fingerprint density at radius 2 is 1.92 bits per heavy atom. The summed E-state index contributed by atoms with van der Waals surface area (Å²) in [6.45, 7) is 1.99. The van der Waals surface area contributed by atoms with Crippen molar-refractivity contribution >= 4 is 11.6 Å². The molecule has 2 saturated heterocycles. The molecule has 0 unspecified atom stereocenters. The number of hydrogen-bond donors (Lipinski definition) is 2. The molecule has 1 aromatic carbocycles. The lowest BCUT2D eigenvalue weighted by Gasteiger charge is -2.38. The van der Waals surface area contributed by atoms with Crippen LogP contribution < -0.4 is 10.9 Å². The first kappa shape index (κ1) is 23.4. The summed E-state index contributed by atoms with van der Waals surface area (Å²) in [6, 6.07) is 9.91. The lowest BCUT2D eigenvalue weighted by molar-refractivity contribution is 0.0226. The normalized spacial score (nSPS) is 21.6. The first-order chi connectivity index (χ1) is 17.6. The van der Waals surface area contributed by atoms with Crippen molar-refractivity contribution in [1.29, 1.82) is 0 Å². The molecule has 8 nitrogen and oxygen atoms in total.